The Labute approximate surface area is 223 Å². The van der Waals surface area contributed by atoms with E-state index in [1.165, 1.54) is 0 Å². The minimum absolute atomic E-state index is 0.385. The molecule has 0 bridgehead atoms. The van der Waals surface area contributed by atoms with Crippen LogP contribution in [0.5, 0.6) is 5.75 Å². The van der Waals surface area contributed by atoms with Crippen molar-refractivity contribution < 1.29 is 9.84 Å². The fraction of sp³-hybridized carbons (Fsp3) is 0.219. The summed E-state index contributed by atoms with van der Waals surface area (Å²) in [5.74, 6) is 0.293. The minimum atomic E-state index is -1.26. The van der Waals surface area contributed by atoms with E-state index < -0.39 is 11.5 Å². The summed E-state index contributed by atoms with van der Waals surface area (Å²) in [4.78, 5) is 6.83. The number of pyridine rings is 1. The van der Waals surface area contributed by atoms with Gasteiger partial charge in [-0.15, -0.1) is 0 Å². The molecule has 37 heavy (non-hydrogen) atoms. The molecule has 188 valence electrons. The predicted molar refractivity (Wildman–Crippen MR) is 153 cm³/mol. The van der Waals surface area contributed by atoms with Gasteiger partial charge in [0.1, 0.15) is 16.5 Å². The number of hydrogen-bond donors (Lipinski definition) is 1. The van der Waals surface area contributed by atoms with E-state index in [0.717, 1.165) is 44.1 Å². The summed E-state index contributed by atoms with van der Waals surface area (Å²) in [6.07, 6.45) is 0.504. The second kappa shape index (κ2) is 10.5. The van der Waals surface area contributed by atoms with Crippen LogP contribution in [0.15, 0.2) is 97.1 Å². The molecule has 0 fully saturated rings. The van der Waals surface area contributed by atoms with Crippen molar-refractivity contribution in [2.75, 3.05) is 27.7 Å². The molecule has 4 aromatic carbocycles. The van der Waals surface area contributed by atoms with Crippen molar-refractivity contribution in [3.8, 4) is 5.75 Å². The highest BCUT2D eigenvalue weighted by Gasteiger charge is 2.42. The topological polar surface area (TPSA) is 45.6 Å². The molecule has 1 N–H and O–H groups in total. The molecular weight excluding hydrogens is 480 g/mol. The molecule has 5 rings (SSSR count). The number of benzene rings is 4. The highest BCUT2D eigenvalue weighted by atomic mass is 35.5. The standard InChI is InChI=1S/C32H31ClN2O2/c1-35(2)18-17-32(36,26-14-13-22-9-7-8-12-24(22)19-26)30(23-10-5-4-6-11-23)28-21-25-20-27(37-3)15-16-29(25)34-31(28)33/h4-16,19-21,30,36H,17-18H2,1-3H3. The summed E-state index contributed by atoms with van der Waals surface area (Å²) < 4.78 is 5.46. The lowest BCUT2D eigenvalue weighted by molar-refractivity contribution is 0.00458. The number of halogens is 1. The van der Waals surface area contributed by atoms with Crippen LogP contribution in [-0.4, -0.2) is 42.7 Å². The summed E-state index contributed by atoms with van der Waals surface area (Å²) in [5, 5.41) is 16.3. The van der Waals surface area contributed by atoms with E-state index in [2.05, 4.69) is 41.3 Å². The monoisotopic (exact) mass is 510 g/mol. The Morgan fingerprint density at radius 1 is 0.865 bits per heavy atom. The molecule has 0 spiro atoms. The predicted octanol–water partition coefficient (Wildman–Crippen LogP) is 7.02. The molecule has 0 radical (unpaired) electrons. The Bertz CT molecular complexity index is 1540. The van der Waals surface area contributed by atoms with Gasteiger partial charge in [-0.1, -0.05) is 78.3 Å². The number of aliphatic hydroxyl groups is 1. The molecule has 0 aliphatic carbocycles. The van der Waals surface area contributed by atoms with Gasteiger partial charge < -0.3 is 14.7 Å². The summed E-state index contributed by atoms with van der Waals surface area (Å²) in [6.45, 7) is 0.694. The SMILES string of the molecule is COc1ccc2nc(Cl)c(C(c3ccccc3)C(O)(CCN(C)C)c3ccc4ccccc4c3)cc2c1. The van der Waals surface area contributed by atoms with Crippen LogP contribution in [0.4, 0.5) is 0 Å². The van der Waals surface area contributed by atoms with Crippen molar-refractivity contribution in [2.45, 2.75) is 17.9 Å². The third-order valence-corrected chi connectivity index (χ3v) is 7.42. The lowest BCUT2D eigenvalue weighted by atomic mass is 9.71. The van der Waals surface area contributed by atoms with E-state index in [-0.39, 0.29) is 0 Å². The van der Waals surface area contributed by atoms with Crippen LogP contribution >= 0.6 is 11.6 Å². The fourth-order valence-corrected chi connectivity index (χ4v) is 5.40. The second-order valence-electron chi connectivity index (χ2n) is 9.81. The first-order chi connectivity index (χ1) is 17.9. The maximum Gasteiger partial charge on any atom is 0.133 e. The molecular formula is C32H31ClN2O2. The van der Waals surface area contributed by atoms with Crippen molar-refractivity contribution in [2.24, 2.45) is 0 Å². The highest BCUT2D eigenvalue weighted by molar-refractivity contribution is 6.30. The lowest BCUT2D eigenvalue weighted by Gasteiger charge is -2.39. The van der Waals surface area contributed by atoms with E-state index in [1.807, 2.05) is 74.8 Å². The average molecular weight is 511 g/mol. The molecule has 5 aromatic rings. The second-order valence-corrected chi connectivity index (χ2v) is 10.2. The van der Waals surface area contributed by atoms with E-state index in [1.54, 1.807) is 7.11 Å². The maximum atomic E-state index is 12.8. The number of aromatic nitrogens is 1. The van der Waals surface area contributed by atoms with E-state index in [9.17, 15) is 5.11 Å². The molecule has 2 unspecified atom stereocenters. The number of hydrogen-bond acceptors (Lipinski definition) is 4. The van der Waals surface area contributed by atoms with Gasteiger partial charge in [-0.2, -0.15) is 0 Å². The Hall–Kier alpha value is -3.44. The first-order valence-electron chi connectivity index (χ1n) is 12.4. The Morgan fingerprint density at radius 3 is 2.32 bits per heavy atom. The minimum Gasteiger partial charge on any atom is -0.497 e. The summed E-state index contributed by atoms with van der Waals surface area (Å²) in [7, 11) is 5.70. The molecule has 0 saturated carbocycles. The van der Waals surface area contributed by atoms with Gasteiger partial charge in [0, 0.05) is 23.4 Å². The van der Waals surface area contributed by atoms with Crippen molar-refractivity contribution in [1.29, 1.82) is 0 Å². The zero-order chi connectivity index (χ0) is 26.0. The summed E-state index contributed by atoms with van der Waals surface area (Å²) in [6, 6.07) is 32.3. The molecule has 0 saturated heterocycles. The quantitative estimate of drug-likeness (QED) is 0.228. The summed E-state index contributed by atoms with van der Waals surface area (Å²) >= 11 is 6.91. The lowest BCUT2D eigenvalue weighted by Crippen LogP contribution is -2.37. The van der Waals surface area contributed by atoms with Gasteiger partial charge in [0.25, 0.3) is 0 Å². The molecule has 5 heteroatoms. The van der Waals surface area contributed by atoms with Gasteiger partial charge in [0.05, 0.1) is 12.6 Å². The van der Waals surface area contributed by atoms with Crippen LogP contribution in [0.2, 0.25) is 5.15 Å². The normalized spacial score (nSPS) is 14.1. The van der Waals surface area contributed by atoms with Crippen LogP contribution in [0, 0.1) is 0 Å². The van der Waals surface area contributed by atoms with E-state index >= 15 is 0 Å². The molecule has 0 aliphatic heterocycles. The number of ether oxygens (including phenoxy) is 1. The van der Waals surface area contributed by atoms with Crippen molar-refractivity contribution in [3.63, 3.8) is 0 Å². The Balaban J connectivity index is 1.77. The summed E-state index contributed by atoms with van der Waals surface area (Å²) in [5.41, 5.74) is 2.13. The number of nitrogens with zero attached hydrogens (tertiary/aromatic N) is 2. The van der Waals surface area contributed by atoms with Gasteiger partial charge in [-0.05, 0) is 72.7 Å². The molecule has 4 nitrogen and oxygen atoms in total. The smallest absolute Gasteiger partial charge is 0.133 e. The average Bonchev–Trinajstić information content (AvgIpc) is 2.92. The van der Waals surface area contributed by atoms with Crippen LogP contribution < -0.4 is 4.74 Å². The Kier molecular flexibility index (Phi) is 7.16. The van der Waals surface area contributed by atoms with Crippen molar-refractivity contribution >= 4 is 33.3 Å². The number of rotatable bonds is 8. The van der Waals surface area contributed by atoms with Gasteiger partial charge in [0.2, 0.25) is 0 Å². The molecule has 0 amide bonds. The van der Waals surface area contributed by atoms with Gasteiger partial charge in [0.15, 0.2) is 0 Å². The van der Waals surface area contributed by atoms with Gasteiger partial charge >= 0.3 is 0 Å². The largest absolute Gasteiger partial charge is 0.497 e. The molecule has 1 aromatic heterocycles. The van der Waals surface area contributed by atoms with E-state index in [4.69, 9.17) is 21.3 Å². The fourth-order valence-electron chi connectivity index (χ4n) is 5.14. The maximum absolute atomic E-state index is 12.8. The van der Waals surface area contributed by atoms with Crippen LogP contribution in [0.25, 0.3) is 21.7 Å². The zero-order valence-electron chi connectivity index (χ0n) is 21.4. The molecule has 1 heterocycles. The van der Waals surface area contributed by atoms with Crippen LogP contribution in [-0.2, 0) is 5.60 Å². The molecule has 0 aliphatic rings. The Morgan fingerprint density at radius 2 is 1.59 bits per heavy atom. The third kappa shape index (κ3) is 5.05. The van der Waals surface area contributed by atoms with Crippen LogP contribution in [0.1, 0.15) is 29.0 Å². The van der Waals surface area contributed by atoms with Gasteiger partial charge in [-0.25, -0.2) is 4.98 Å². The zero-order valence-corrected chi connectivity index (χ0v) is 22.1. The molecule has 2 atom stereocenters. The van der Waals surface area contributed by atoms with Crippen molar-refractivity contribution in [1.82, 2.24) is 9.88 Å². The first kappa shape index (κ1) is 25.2. The van der Waals surface area contributed by atoms with Gasteiger partial charge in [-0.3, -0.25) is 0 Å². The number of methoxy groups -OCH3 is 1. The third-order valence-electron chi connectivity index (χ3n) is 7.11. The first-order valence-corrected chi connectivity index (χ1v) is 12.8. The van der Waals surface area contributed by atoms with Crippen LogP contribution in [0.3, 0.4) is 0 Å². The number of fused-ring (bicyclic) bond motifs is 2. The van der Waals surface area contributed by atoms with Crippen molar-refractivity contribution in [3.05, 3.63) is 119 Å². The highest BCUT2D eigenvalue weighted by Crippen LogP contribution is 2.47. The van der Waals surface area contributed by atoms with E-state index in [0.29, 0.717) is 18.1 Å².